The van der Waals surface area contributed by atoms with Crippen molar-refractivity contribution in [1.29, 1.82) is 0 Å². The summed E-state index contributed by atoms with van der Waals surface area (Å²) in [6.45, 7) is 5.04. The number of hydrogen-bond acceptors (Lipinski definition) is 10. The van der Waals surface area contributed by atoms with E-state index < -0.39 is 24.7 Å². The average Bonchev–Trinajstić information content (AvgIpc) is 3.54. The van der Waals surface area contributed by atoms with Crippen molar-refractivity contribution in [3.05, 3.63) is 72.6 Å². The maximum absolute atomic E-state index is 14.2. The van der Waals surface area contributed by atoms with Crippen molar-refractivity contribution in [3.8, 4) is 11.5 Å². The van der Waals surface area contributed by atoms with Gasteiger partial charge < -0.3 is 49.5 Å². The summed E-state index contributed by atoms with van der Waals surface area (Å²) < 4.78 is 31.7. The standard InChI is InChI=1S/C41H52N6O9/c1-4-20-55-41(51)47-32-25-35(34(52-3)24-30(32)39(50)46-19-9-7-12-31(46)40(47)56-37-14-8-11-22-54-37)53-21-10-5-6-13-36(48)43-29-23-33(45(2)26-29)38(49)44-28-17-15-27(42)16-18-28/h4,15-18,23-26,31,37,40H,1,5-14,19-22,42H2,2-3H3,(H,43,48)(H,44,49)/t31-,37?,40?/m0/s1. The fraction of sp³-hybridized carbons (Fsp3) is 0.463. The van der Waals surface area contributed by atoms with Crippen LogP contribution in [0.1, 0.15) is 85.1 Å². The van der Waals surface area contributed by atoms with Crippen LogP contribution in [0.3, 0.4) is 0 Å². The fourth-order valence-corrected chi connectivity index (χ4v) is 7.28. The molecule has 2 fully saturated rings. The molecular weight excluding hydrogens is 720 g/mol. The third-order valence-corrected chi connectivity index (χ3v) is 10.1. The lowest BCUT2D eigenvalue weighted by Gasteiger charge is -2.42. The number of piperidine rings is 1. The van der Waals surface area contributed by atoms with Crippen molar-refractivity contribution in [3.63, 3.8) is 0 Å². The minimum absolute atomic E-state index is 0.0218. The molecule has 6 rings (SSSR count). The van der Waals surface area contributed by atoms with Crippen molar-refractivity contribution in [2.24, 2.45) is 7.05 Å². The van der Waals surface area contributed by atoms with E-state index in [0.29, 0.717) is 91.8 Å². The number of benzene rings is 2. The molecule has 15 nitrogen and oxygen atoms in total. The molecule has 56 heavy (non-hydrogen) atoms. The molecule has 2 unspecified atom stereocenters. The monoisotopic (exact) mass is 772 g/mol. The van der Waals surface area contributed by atoms with Gasteiger partial charge in [0.05, 0.1) is 36.7 Å². The highest BCUT2D eigenvalue weighted by molar-refractivity contribution is 6.06. The number of hydrogen-bond donors (Lipinski definition) is 3. The number of fused-ring (bicyclic) bond motifs is 2. The summed E-state index contributed by atoms with van der Waals surface area (Å²) in [7, 11) is 3.24. The lowest BCUT2D eigenvalue weighted by atomic mass is 10.00. The van der Waals surface area contributed by atoms with Gasteiger partial charge in [-0.15, -0.1) is 0 Å². The number of nitrogens with zero attached hydrogens (tertiary/aromatic N) is 3. The number of ether oxygens (including phenoxy) is 5. The number of aryl methyl sites for hydroxylation is 1. The van der Waals surface area contributed by atoms with Gasteiger partial charge >= 0.3 is 6.09 Å². The molecule has 0 bridgehead atoms. The van der Waals surface area contributed by atoms with Crippen LogP contribution >= 0.6 is 0 Å². The Morgan fingerprint density at radius 2 is 1.79 bits per heavy atom. The predicted octanol–water partition coefficient (Wildman–Crippen LogP) is 6.45. The number of nitrogens with two attached hydrogens (primary N) is 1. The maximum atomic E-state index is 14.2. The molecule has 0 spiro atoms. The number of nitrogen functional groups attached to an aromatic ring is 1. The van der Waals surface area contributed by atoms with E-state index in [1.165, 1.54) is 18.1 Å². The van der Waals surface area contributed by atoms with Crippen molar-refractivity contribution in [1.82, 2.24) is 9.47 Å². The van der Waals surface area contributed by atoms with E-state index in [9.17, 15) is 19.2 Å². The first-order valence-electron chi connectivity index (χ1n) is 19.3. The van der Waals surface area contributed by atoms with E-state index in [4.69, 9.17) is 29.4 Å². The Labute approximate surface area is 327 Å². The lowest BCUT2D eigenvalue weighted by Crippen LogP contribution is -2.57. The van der Waals surface area contributed by atoms with Crippen LogP contribution in [0.5, 0.6) is 11.5 Å². The first-order valence-corrected chi connectivity index (χ1v) is 19.3. The quantitative estimate of drug-likeness (QED) is 0.0884. The Kier molecular flexibility index (Phi) is 13.5. The topological polar surface area (TPSA) is 176 Å². The highest BCUT2D eigenvalue weighted by Gasteiger charge is 2.47. The second-order valence-electron chi connectivity index (χ2n) is 14.1. The van der Waals surface area contributed by atoms with Crippen molar-refractivity contribution in [2.45, 2.75) is 82.8 Å². The zero-order chi connectivity index (χ0) is 39.6. The molecule has 300 valence electrons. The number of rotatable bonds is 15. The molecule has 2 saturated heterocycles. The third kappa shape index (κ3) is 9.63. The highest BCUT2D eigenvalue weighted by atomic mass is 16.7. The normalized spacial score (nSPS) is 19.2. The van der Waals surface area contributed by atoms with Gasteiger partial charge in [0.2, 0.25) is 5.91 Å². The number of amides is 4. The van der Waals surface area contributed by atoms with Gasteiger partial charge in [-0.3, -0.25) is 14.4 Å². The van der Waals surface area contributed by atoms with E-state index in [0.717, 1.165) is 25.7 Å². The number of aromatic nitrogens is 1. The molecule has 3 atom stereocenters. The number of carbonyl (C=O) groups is 4. The minimum atomic E-state index is -0.859. The molecule has 0 aliphatic carbocycles. The van der Waals surface area contributed by atoms with Gasteiger partial charge in [0, 0.05) is 50.3 Å². The Morgan fingerprint density at radius 3 is 2.54 bits per heavy atom. The van der Waals surface area contributed by atoms with Crippen LogP contribution in [0.15, 0.2) is 61.3 Å². The maximum Gasteiger partial charge on any atom is 0.416 e. The van der Waals surface area contributed by atoms with E-state index in [1.54, 1.807) is 65.2 Å². The van der Waals surface area contributed by atoms with Crippen LogP contribution in [0.25, 0.3) is 0 Å². The van der Waals surface area contributed by atoms with Crippen molar-refractivity contribution >= 4 is 46.6 Å². The van der Waals surface area contributed by atoms with Crippen LogP contribution < -0.4 is 30.7 Å². The molecule has 3 aliphatic heterocycles. The zero-order valence-corrected chi connectivity index (χ0v) is 32.1. The Bertz CT molecular complexity index is 1870. The van der Waals surface area contributed by atoms with E-state index >= 15 is 0 Å². The van der Waals surface area contributed by atoms with Gasteiger partial charge in [0.1, 0.15) is 12.3 Å². The molecule has 3 aliphatic rings. The summed E-state index contributed by atoms with van der Waals surface area (Å²) >= 11 is 0. The fourth-order valence-electron chi connectivity index (χ4n) is 7.28. The summed E-state index contributed by atoms with van der Waals surface area (Å²) in [4.78, 5) is 56.9. The third-order valence-electron chi connectivity index (χ3n) is 10.1. The van der Waals surface area contributed by atoms with Gasteiger partial charge in [0.15, 0.2) is 24.0 Å². The summed E-state index contributed by atoms with van der Waals surface area (Å²) in [6, 6.07) is 11.3. The van der Waals surface area contributed by atoms with Crippen LogP contribution in [-0.2, 0) is 26.1 Å². The second kappa shape index (κ2) is 18.9. The minimum Gasteiger partial charge on any atom is -0.493 e. The number of carbonyl (C=O) groups excluding carboxylic acids is 4. The average molecular weight is 773 g/mol. The Morgan fingerprint density at radius 1 is 0.982 bits per heavy atom. The van der Waals surface area contributed by atoms with Crippen molar-refractivity contribution < 1.29 is 42.9 Å². The van der Waals surface area contributed by atoms with Gasteiger partial charge in [-0.2, -0.15) is 0 Å². The van der Waals surface area contributed by atoms with Crippen LogP contribution in [-0.4, -0.2) is 85.3 Å². The van der Waals surface area contributed by atoms with E-state index in [-0.39, 0.29) is 36.3 Å². The number of methoxy groups -OCH3 is 1. The van der Waals surface area contributed by atoms with Crippen LogP contribution in [0, 0.1) is 0 Å². The number of anilines is 4. The van der Waals surface area contributed by atoms with Gasteiger partial charge in [-0.05, 0) is 94.2 Å². The number of nitrogens with one attached hydrogen (secondary N) is 2. The smallest absolute Gasteiger partial charge is 0.416 e. The summed E-state index contributed by atoms with van der Waals surface area (Å²) in [5.74, 6) is -0.00354. The first-order chi connectivity index (χ1) is 27.2. The predicted molar refractivity (Wildman–Crippen MR) is 211 cm³/mol. The molecular formula is C41H52N6O9. The molecule has 1 aromatic heterocycles. The Hall–Kier alpha value is -5.54. The van der Waals surface area contributed by atoms with E-state index in [1.807, 2.05) is 0 Å². The highest BCUT2D eigenvalue weighted by Crippen LogP contribution is 2.42. The van der Waals surface area contributed by atoms with Crippen LogP contribution in [0.4, 0.5) is 27.5 Å². The summed E-state index contributed by atoms with van der Waals surface area (Å²) in [5, 5.41) is 5.70. The molecule has 15 heteroatoms. The zero-order valence-electron chi connectivity index (χ0n) is 32.1. The molecule has 0 radical (unpaired) electrons. The Balaban J connectivity index is 1.09. The summed E-state index contributed by atoms with van der Waals surface area (Å²) in [5.41, 5.74) is 8.44. The first kappa shape index (κ1) is 40.1. The summed E-state index contributed by atoms with van der Waals surface area (Å²) in [6.07, 6.45) is 8.22. The molecule has 3 aromatic rings. The van der Waals surface area contributed by atoms with Gasteiger partial charge in [-0.1, -0.05) is 12.7 Å². The SMILES string of the molecule is C=CCOC(=O)N1c2cc(OCCCCCC(=O)Nc3cc(C(=O)Nc4ccc(N)cc4)n(C)c3)c(OC)cc2C(=O)N2CCCC[C@H]2C1OC1CCCCO1. The van der Waals surface area contributed by atoms with E-state index in [2.05, 4.69) is 17.2 Å². The largest absolute Gasteiger partial charge is 0.493 e. The molecule has 2 aromatic carbocycles. The molecule has 4 N–H and O–H groups in total. The van der Waals surface area contributed by atoms with Crippen molar-refractivity contribution in [2.75, 3.05) is 54.7 Å². The molecule has 4 amide bonds. The number of unbranched alkanes of at least 4 members (excludes halogenated alkanes) is 2. The van der Waals surface area contributed by atoms with Crippen LogP contribution in [0.2, 0.25) is 0 Å². The molecule has 4 heterocycles. The second-order valence-corrected chi connectivity index (χ2v) is 14.1. The lowest BCUT2D eigenvalue weighted by molar-refractivity contribution is -0.198. The molecule has 0 saturated carbocycles. The van der Waals surface area contributed by atoms with Gasteiger partial charge in [0.25, 0.3) is 11.8 Å². The van der Waals surface area contributed by atoms with Gasteiger partial charge in [-0.25, -0.2) is 9.69 Å².